The molecule has 0 aromatic heterocycles. The Hall–Kier alpha value is -3.90. The molecule has 0 unspecified atom stereocenters. The van der Waals surface area contributed by atoms with Gasteiger partial charge in [0.1, 0.15) is 0 Å². The van der Waals surface area contributed by atoms with E-state index in [0.717, 1.165) is 56.8 Å². The maximum Gasteiger partial charge on any atom is -0.0305 e. The molecule has 0 amide bonds. The number of aryl methyl sites for hydroxylation is 10. The van der Waals surface area contributed by atoms with E-state index >= 15 is 0 Å². The zero-order valence-electron chi connectivity index (χ0n) is 37.5. The van der Waals surface area contributed by atoms with Crippen LogP contribution in [0.5, 0.6) is 0 Å². The Balaban J connectivity index is 0.000000331. The first-order valence-corrected chi connectivity index (χ1v) is 21.8. The molecule has 0 spiro atoms. The molecule has 5 aromatic carbocycles. The number of hydrogen-bond donors (Lipinski definition) is 0. The average molecular weight is 741 g/mol. The lowest BCUT2D eigenvalue weighted by Crippen LogP contribution is -2.08. The SMILES string of the molecule is CC1CCC(C)CC1.CCc1ccc(C)cc1.CCc1ccc(CC)cc1.CCc1cccc(CC)c1.CCc1ccccc1CC.Cc1ccc(C)cc1. The van der Waals surface area contributed by atoms with Crippen LogP contribution in [0.25, 0.3) is 0 Å². The molecule has 0 nitrogen and oxygen atoms in total. The van der Waals surface area contributed by atoms with Gasteiger partial charge in [-0.15, -0.1) is 0 Å². The summed E-state index contributed by atoms with van der Waals surface area (Å²) in [6.07, 6.45) is 13.9. The Kier molecular flexibility index (Phi) is 27.1. The summed E-state index contributed by atoms with van der Waals surface area (Å²) in [5.74, 6) is 2.04. The molecule has 55 heavy (non-hydrogen) atoms. The van der Waals surface area contributed by atoms with Gasteiger partial charge >= 0.3 is 0 Å². The molecule has 0 heteroatoms. The maximum atomic E-state index is 2.37. The minimum Gasteiger partial charge on any atom is -0.0625 e. The van der Waals surface area contributed by atoms with Crippen LogP contribution in [0.1, 0.15) is 144 Å². The third-order valence-electron chi connectivity index (χ3n) is 10.6. The van der Waals surface area contributed by atoms with Gasteiger partial charge in [-0.05, 0) is 116 Å². The van der Waals surface area contributed by atoms with Gasteiger partial charge in [0.25, 0.3) is 0 Å². The van der Waals surface area contributed by atoms with Gasteiger partial charge in [-0.2, -0.15) is 0 Å². The minimum absolute atomic E-state index is 1.02. The molecule has 1 aliphatic carbocycles. The van der Waals surface area contributed by atoms with Gasteiger partial charge in [0.15, 0.2) is 0 Å². The van der Waals surface area contributed by atoms with Gasteiger partial charge in [0.05, 0.1) is 0 Å². The van der Waals surface area contributed by atoms with Crippen molar-refractivity contribution in [3.63, 3.8) is 0 Å². The Bertz CT molecular complexity index is 1520. The van der Waals surface area contributed by atoms with Crippen LogP contribution < -0.4 is 0 Å². The summed E-state index contributed by atoms with van der Waals surface area (Å²) in [6, 6.07) is 43.4. The molecule has 1 aliphatic rings. The summed E-state index contributed by atoms with van der Waals surface area (Å²) in [7, 11) is 0. The van der Waals surface area contributed by atoms with E-state index in [1.54, 1.807) is 0 Å². The summed E-state index contributed by atoms with van der Waals surface area (Å²) in [5, 5.41) is 0. The van der Waals surface area contributed by atoms with E-state index < -0.39 is 0 Å². The fourth-order valence-electron chi connectivity index (χ4n) is 6.21. The van der Waals surface area contributed by atoms with Crippen molar-refractivity contribution < 1.29 is 0 Å². The summed E-state index contributed by atoms with van der Waals surface area (Å²) in [4.78, 5) is 0. The zero-order chi connectivity index (χ0) is 40.8. The molecular formula is C55H80. The van der Waals surface area contributed by atoms with Crippen LogP contribution in [0.2, 0.25) is 0 Å². The minimum atomic E-state index is 1.02. The fourth-order valence-corrected chi connectivity index (χ4v) is 6.21. The number of hydrogen-bond acceptors (Lipinski definition) is 0. The smallest absolute Gasteiger partial charge is 0.0305 e. The van der Waals surface area contributed by atoms with Gasteiger partial charge in [-0.25, -0.2) is 0 Å². The van der Waals surface area contributed by atoms with Gasteiger partial charge < -0.3 is 0 Å². The highest BCUT2D eigenvalue weighted by Gasteiger charge is 2.13. The van der Waals surface area contributed by atoms with E-state index in [1.165, 1.54) is 81.3 Å². The molecule has 1 fully saturated rings. The molecule has 5 aromatic rings. The van der Waals surface area contributed by atoms with Crippen molar-refractivity contribution in [2.24, 2.45) is 11.8 Å². The lowest BCUT2D eigenvalue weighted by atomic mass is 9.84. The van der Waals surface area contributed by atoms with E-state index in [0.29, 0.717) is 0 Å². The average Bonchev–Trinajstić information content (AvgIpc) is 3.24. The monoisotopic (exact) mass is 741 g/mol. The van der Waals surface area contributed by atoms with Crippen molar-refractivity contribution in [3.8, 4) is 0 Å². The molecule has 0 atom stereocenters. The van der Waals surface area contributed by atoms with Crippen molar-refractivity contribution in [3.05, 3.63) is 177 Å². The van der Waals surface area contributed by atoms with E-state index in [2.05, 4.69) is 204 Å². The van der Waals surface area contributed by atoms with Crippen LogP contribution in [0, 0.1) is 32.6 Å². The fraction of sp³-hybridized carbons (Fsp3) is 0.455. The van der Waals surface area contributed by atoms with Crippen LogP contribution in [-0.2, 0) is 44.9 Å². The van der Waals surface area contributed by atoms with E-state index in [-0.39, 0.29) is 0 Å². The first-order chi connectivity index (χ1) is 26.5. The highest BCUT2D eigenvalue weighted by molar-refractivity contribution is 5.27. The summed E-state index contributed by atoms with van der Waals surface area (Å²) in [6.45, 7) is 26.4. The van der Waals surface area contributed by atoms with Crippen molar-refractivity contribution in [1.29, 1.82) is 0 Å². The third kappa shape index (κ3) is 22.9. The molecule has 0 radical (unpaired) electrons. The number of benzene rings is 5. The molecule has 6 rings (SSSR count). The maximum absolute atomic E-state index is 2.37. The Morgan fingerprint density at radius 3 is 0.873 bits per heavy atom. The lowest BCUT2D eigenvalue weighted by molar-refractivity contribution is 0.308. The van der Waals surface area contributed by atoms with Crippen LogP contribution in [0.4, 0.5) is 0 Å². The van der Waals surface area contributed by atoms with Crippen molar-refractivity contribution >= 4 is 0 Å². The van der Waals surface area contributed by atoms with E-state index in [9.17, 15) is 0 Å². The second-order valence-corrected chi connectivity index (χ2v) is 15.4. The lowest BCUT2D eigenvalue weighted by Gasteiger charge is -2.22. The number of rotatable bonds is 7. The van der Waals surface area contributed by atoms with Gasteiger partial charge in [0, 0.05) is 0 Å². The van der Waals surface area contributed by atoms with Crippen LogP contribution in [0.3, 0.4) is 0 Å². The van der Waals surface area contributed by atoms with Crippen molar-refractivity contribution in [2.45, 2.75) is 154 Å². The van der Waals surface area contributed by atoms with Crippen molar-refractivity contribution in [1.82, 2.24) is 0 Å². The second kappa shape index (κ2) is 30.3. The highest BCUT2D eigenvalue weighted by Crippen LogP contribution is 2.27. The Morgan fingerprint density at radius 1 is 0.327 bits per heavy atom. The quantitative estimate of drug-likeness (QED) is 0.156. The van der Waals surface area contributed by atoms with Gasteiger partial charge in [0.2, 0.25) is 0 Å². The third-order valence-corrected chi connectivity index (χ3v) is 10.6. The van der Waals surface area contributed by atoms with Crippen molar-refractivity contribution in [2.75, 3.05) is 0 Å². The van der Waals surface area contributed by atoms with Gasteiger partial charge in [-0.3, -0.25) is 0 Å². The molecule has 300 valence electrons. The first kappa shape index (κ1) is 49.1. The van der Waals surface area contributed by atoms with Crippen LogP contribution >= 0.6 is 0 Å². The summed E-state index contributed by atoms with van der Waals surface area (Å²) in [5.41, 5.74) is 14.1. The molecule has 0 N–H and O–H groups in total. The predicted octanol–water partition coefficient (Wildman–Crippen LogP) is 16.1. The first-order valence-electron chi connectivity index (χ1n) is 21.8. The summed E-state index contributed by atoms with van der Waals surface area (Å²) >= 11 is 0. The highest BCUT2D eigenvalue weighted by atomic mass is 14.2. The van der Waals surface area contributed by atoms with Crippen LogP contribution in [-0.4, -0.2) is 0 Å². The molecule has 0 saturated heterocycles. The molecular weight excluding hydrogens is 661 g/mol. The summed E-state index contributed by atoms with van der Waals surface area (Å²) < 4.78 is 0. The van der Waals surface area contributed by atoms with Crippen LogP contribution in [0.15, 0.2) is 121 Å². The molecule has 0 bridgehead atoms. The molecule has 1 saturated carbocycles. The molecule has 0 aliphatic heterocycles. The normalized spacial score (nSPS) is 14.0. The zero-order valence-corrected chi connectivity index (χ0v) is 37.5. The largest absolute Gasteiger partial charge is 0.0625 e. The second-order valence-electron chi connectivity index (χ2n) is 15.4. The standard InChI is InChI=1S/3C10H14.C9H12.C8H16.C8H10/c1-3-9-5-7-10(4-2)8-6-9;1-3-9-6-5-7-10(4-2)8-9;1-3-9-7-5-6-8-10(9)4-2;1-3-9-6-4-8(2)5-7-9;2*1-7-3-5-8(2)6-4-7/h3*5-8H,3-4H2,1-2H3;4-7H,3H2,1-2H3;7-8H,3-6H2,1-2H3;3-6H,1-2H3. The van der Waals surface area contributed by atoms with E-state index in [4.69, 9.17) is 0 Å². The molecule has 0 heterocycles. The topological polar surface area (TPSA) is 0 Å². The Morgan fingerprint density at radius 2 is 0.600 bits per heavy atom. The Labute approximate surface area is 341 Å². The van der Waals surface area contributed by atoms with E-state index in [1.807, 2.05) is 0 Å². The predicted molar refractivity (Wildman–Crippen MR) is 249 cm³/mol. The van der Waals surface area contributed by atoms with Gasteiger partial charge in [-0.1, -0.05) is 226 Å².